The molecule has 4 heteroatoms. The second kappa shape index (κ2) is 5.21. The van der Waals surface area contributed by atoms with Gasteiger partial charge in [-0.15, -0.1) is 0 Å². The molecule has 0 bridgehead atoms. The van der Waals surface area contributed by atoms with E-state index in [0.717, 1.165) is 6.42 Å². The third kappa shape index (κ3) is 2.88. The average Bonchev–Trinajstić information content (AvgIpc) is 3.07. The Kier molecular flexibility index (Phi) is 3.65. The molecule has 96 valence electrons. The van der Waals surface area contributed by atoms with Crippen LogP contribution in [0.2, 0.25) is 0 Å². The topological polar surface area (TPSA) is 66.4 Å². The van der Waals surface area contributed by atoms with E-state index < -0.39 is 11.9 Å². The molecule has 18 heavy (non-hydrogen) atoms. The maximum atomic E-state index is 11.7. The molecule has 0 saturated heterocycles. The normalized spacial score (nSPS) is 23.2. The van der Waals surface area contributed by atoms with E-state index in [1.165, 1.54) is 0 Å². The standard InChI is InChI=1S/C14H17NO3/c1-9-7-11(9)13(16)15-8-12(14(17)18)10-5-3-2-4-6-10/h2-6,9,11-12H,7-8H2,1H3,(H,15,16)(H,17,18). The van der Waals surface area contributed by atoms with Gasteiger partial charge >= 0.3 is 5.97 Å². The van der Waals surface area contributed by atoms with Gasteiger partial charge in [-0.05, 0) is 17.9 Å². The number of benzene rings is 1. The van der Waals surface area contributed by atoms with E-state index in [0.29, 0.717) is 11.5 Å². The third-order valence-electron chi connectivity index (χ3n) is 3.43. The lowest BCUT2D eigenvalue weighted by Gasteiger charge is -2.13. The highest BCUT2D eigenvalue weighted by Gasteiger charge is 2.39. The first-order chi connectivity index (χ1) is 8.59. The quantitative estimate of drug-likeness (QED) is 0.831. The first-order valence-electron chi connectivity index (χ1n) is 6.15. The van der Waals surface area contributed by atoms with Crippen LogP contribution < -0.4 is 5.32 Å². The summed E-state index contributed by atoms with van der Waals surface area (Å²) < 4.78 is 0. The van der Waals surface area contributed by atoms with Gasteiger partial charge in [-0.2, -0.15) is 0 Å². The maximum Gasteiger partial charge on any atom is 0.312 e. The predicted molar refractivity (Wildman–Crippen MR) is 67.1 cm³/mol. The van der Waals surface area contributed by atoms with Gasteiger partial charge in [0.25, 0.3) is 0 Å². The highest BCUT2D eigenvalue weighted by molar-refractivity contribution is 5.83. The summed E-state index contributed by atoms with van der Waals surface area (Å²) in [5, 5.41) is 11.9. The minimum Gasteiger partial charge on any atom is -0.481 e. The van der Waals surface area contributed by atoms with Crippen LogP contribution >= 0.6 is 0 Å². The summed E-state index contributed by atoms with van der Waals surface area (Å²) in [6, 6.07) is 8.98. The number of carboxylic acids is 1. The van der Waals surface area contributed by atoms with Gasteiger partial charge in [0.15, 0.2) is 0 Å². The molecule has 0 spiro atoms. The first-order valence-corrected chi connectivity index (χ1v) is 6.15. The first kappa shape index (κ1) is 12.6. The molecule has 0 radical (unpaired) electrons. The highest BCUT2D eigenvalue weighted by atomic mass is 16.4. The second-order valence-electron chi connectivity index (χ2n) is 4.87. The number of hydrogen-bond acceptors (Lipinski definition) is 2. The Hall–Kier alpha value is -1.84. The van der Waals surface area contributed by atoms with Gasteiger partial charge in [0.1, 0.15) is 0 Å². The fraction of sp³-hybridized carbons (Fsp3) is 0.429. The molecule has 1 saturated carbocycles. The lowest BCUT2D eigenvalue weighted by Crippen LogP contribution is -2.32. The Morgan fingerprint density at radius 3 is 2.50 bits per heavy atom. The van der Waals surface area contributed by atoms with Gasteiger partial charge in [-0.3, -0.25) is 9.59 Å². The Balaban J connectivity index is 1.95. The zero-order chi connectivity index (χ0) is 13.1. The number of nitrogens with one attached hydrogen (secondary N) is 1. The largest absolute Gasteiger partial charge is 0.481 e. The van der Waals surface area contributed by atoms with Crippen molar-refractivity contribution in [3.63, 3.8) is 0 Å². The molecule has 1 amide bonds. The van der Waals surface area contributed by atoms with Crippen molar-refractivity contribution in [1.82, 2.24) is 5.32 Å². The minimum absolute atomic E-state index is 0.0234. The van der Waals surface area contributed by atoms with Gasteiger partial charge in [0.05, 0.1) is 5.92 Å². The van der Waals surface area contributed by atoms with E-state index in [-0.39, 0.29) is 18.4 Å². The van der Waals surface area contributed by atoms with E-state index in [1.54, 1.807) is 24.3 Å². The minimum atomic E-state index is -0.912. The van der Waals surface area contributed by atoms with Gasteiger partial charge in [0, 0.05) is 12.5 Å². The molecule has 0 aromatic heterocycles. The van der Waals surface area contributed by atoms with Crippen LogP contribution in [-0.4, -0.2) is 23.5 Å². The zero-order valence-corrected chi connectivity index (χ0v) is 10.3. The molecule has 4 nitrogen and oxygen atoms in total. The number of rotatable bonds is 5. The van der Waals surface area contributed by atoms with Crippen molar-refractivity contribution < 1.29 is 14.7 Å². The molecule has 1 aromatic carbocycles. The third-order valence-corrected chi connectivity index (χ3v) is 3.43. The zero-order valence-electron chi connectivity index (χ0n) is 10.3. The van der Waals surface area contributed by atoms with Crippen molar-refractivity contribution in [2.75, 3.05) is 6.54 Å². The fourth-order valence-electron chi connectivity index (χ4n) is 2.05. The molecule has 0 heterocycles. The van der Waals surface area contributed by atoms with Crippen LogP contribution in [0.4, 0.5) is 0 Å². The van der Waals surface area contributed by atoms with Crippen LogP contribution in [0.3, 0.4) is 0 Å². The number of hydrogen-bond donors (Lipinski definition) is 2. The van der Waals surface area contributed by atoms with Crippen LogP contribution in [0.1, 0.15) is 24.8 Å². The monoisotopic (exact) mass is 247 g/mol. The smallest absolute Gasteiger partial charge is 0.312 e. The van der Waals surface area contributed by atoms with Crippen LogP contribution in [0.25, 0.3) is 0 Å². The number of carbonyl (C=O) groups is 2. The summed E-state index contributed by atoms with van der Waals surface area (Å²) >= 11 is 0. The van der Waals surface area contributed by atoms with Crippen molar-refractivity contribution in [1.29, 1.82) is 0 Å². The number of carbonyl (C=O) groups excluding carboxylic acids is 1. The molecule has 0 aliphatic heterocycles. The summed E-state index contributed by atoms with van der Waals surface area (Å²) in [4.78, 5) is 22.9. The fourth-order valence-corrected chi connectivity index (χ4v) is 2.05. The Morgan fingerprint density at radius 1 is 1.39 bits per heavy atom. The number of carboxylic acid groups (broad SMARTS) is 1. The summed E-state index contributed by atoms with van der Waals surface area (Å²) in [6.45, 7) is 2.18. The van der Waals surface area contributed by atoms with Crippen LogP contribution in [0.15, 0.2) is 30.3 Å². The Bertz CT molecular complexity index is 444. The van der Waals surface area contributed by atoms with Gasteiger partial charge in [0.2, 0.25) is 5.91 Å². The summed E-state index contributed by atoms with van der Waals surface area (Å²) in [5.41, 5.74) is 0.717. The van der Waals surface area contributed by atoms with Gasteiger partial charge < -0.3 is 10.4 Å². The van der Waals surface area contributed by atoms with Crippen molar-refractivity contribution in [3.8, 4) is 0 Å². The van der Waals surface area contributed by atoms with Gasteiger partial charge in [-0.25, -0.2) is 0 Å². The summed E-state index contributed by atoms with van der Waals surface area (Å²) in [6.07, 6.45) is 0.912. The van der Waals surface area contributed by atoms with Crippen molar-refractivity contribution >= 4 is 11.9 Å². The van der Waals surface area contributed by atoms with Gasteiger partial charge in [-0.1, -0.05) is 37.3 Å². The molecular weight excluding hydrogens is 230 g/mol. The molecule has 1 aliphatic rings. The Labute approximate surface area is 106 Å². The van der Waals surface area contributed by atoms with Crippen LogP contribution in [0, 0.1) is 11.8 Å². The Morgan fingerprint density at radius 2 is 2.00 bits per heavy atom. The molecule has 1 aromatic rings. The lowest BCUT2D eigenvalue weighted by atomic mass is 9.99. The molecule has 2 rings (SSSR count). The molecule has 3 atom stereocenters. The van der Waals surface area contributed by atoms with Crippen molar-refractivity contribution in [2.24, 2.45) is 11.8 Å². The lowest BCUT2D eigenvalue weighted by molar-refractivity contribution is -0.138. The molecule has 3 unspecified atom stereocenters. The molecule has 1 fully saturated rings. The van der Waals surface area contributed by atoms with Crippen LogP contribution in [0.5, 0.6) is 0 Å². The molecule has 1 aliphatic carbocycles. The molecular formula is C14H17NO3. The maximum absolute atomic E-state index is 11.7. The van der Waals surface area contributed by atoms with E-state index in [9.17, 15) is 14.7 Å². The van der Waals surface area contributed by atoms with Crippen LogP contribution in [-0.2, 0) is 9.59 Å². The van der Waals surface area contributed by atoms with E-state index in [4.69, 9.17) is 0 Å². The highest BCUT2D eigenvalue weighted by Crippen LogP contribution is 2.37. The SMILES string of the molecule is CC1CC1C(=O)NCC(C(=O)O)c1ccccc1. The van der Waals surface area contributed by atoms with Crippen molar-refractivity contribution in [3.05, 3.63) is 35.9 Å². The number of amides is 1. The number of aliphatic carboxylic acids is 1. The van der Waals surface area contributed by atoms with E-state index in [2.05, 4.69) is 5.32 Å². The van der Waals surface area contributed by atoms with Crippen molar-refractivity contribution in [2.45, 2.75) is 19.3 Å². The second-order valence-corrected chi connectivity index (χ2v) is 4.87. The molecule has 2 N–H and O–H groups in total. The van der Waals surface area contributed by atoms with E-state index >= 15 is 0 Å². The average molecular weight is 247 g/mol. The van der Waals surface area contributed by atoms with E-state index in [1.807, 2.05) is 13.0 Å². The summed E-state index contributed by atoms with van der Waals surface area (Å²) in [7, 11) is 0. The predicted octanol–water partition coefficient (Wildman–Crippen LogP) is 1.63. The summed E-state index contributed by atoms with van der Waals surface area (Å²) in [5.74, 6) is -1.10.